The molecule has 4 heteroatoms. The van der Waals surface area contributed by atoms with E-state index in [0.717, 1.165) is 18.7 Å². The normalized spacial score (nSPS) is 11.2. The molecule has 19 heavy (non-hydrogen) atoms. The number of para-hydroxylation sites is 1. The monoisotopic (exact) mass is 265 g/mol. The summed E-state index contributed by atoms with van der Waals surface area (Å²) in [5.41, 5.74) is 1.29. The summed E-state index contributed by atoms with van der Waals surface area (Å²) in [6.45, 7) is 4.90. The maximum Gasteiger partial charge on any atom is 0.339 e. The Hall–Kier alpha value is -1.55. The maximum atomic E-state index is 11.7. The van der Waals surface area contributed by atoms with E-state index in [-0.39, 0.29) is 11.6 Å². The third-order valence-corrected chi connectivity index (χ3v) is 3.32. The van der Waals surface area contributed by atoms with Gasteiger partial charge >= 0.3 is 5.97 Å². The Morgan fingerprint density at radius 3 is 2.47 bits per heavy atom. The molecule has 1 aromatic carbocycles. The third-order valence-electron chi connectivity index (χ3n) is 3.32. The summed E-state index contributed by atoms with van der Waals surface area (Å²) in [6.07, 6.45) is 0.871. The SMILES string of the molecule is COC(=O)c1ccccc1N(C)CCC(C)(C)OC. The number of methoxy groups -OCH3 is 2. The molecule has 1 rings (SSSR count). The summed E-state index contributed by atoms with van der Waals surface area (Å²) >= 11 is 0. The second kappa shape index (κ2) is 6.57. The van der Waals surface area contributed by atoms with Gasteiger partial charge in [0.05, 0.1) is 24.0 Å². The molecule has 0 N–H and O–H groups in total. The van der Waals surface area contributed by atoms with Gasteiger partial charge in [-0.05, 0) is 32.4 Å². The van der Waals surface area contributed by atoms with Crippen molar-refractivity contribution < 1.29 is 14.3 Å². The van der Waals surface area contributed by atoms with Crippen LogP contribution in [0.3, 0.4) is 0 Å². The van der Waals surface area contributed by atoms with E-state index < -0.39 is 0 Å². The van der Waals surface area contributed by atoms with Crippen LogP contribution < -0.4 is 4.90 Å². The molecule has 0 spiro atoms. The largest absolute Gasteiger partial charge is 0.465 e. The predicted molar refractivity (Wildman–Crippen MR) is 76.8 cm³/mol. The van der Waals surface area contributed by atoms with Crippen LogP contribution in [-0.4, -0.2) is 39.4 Å². The Bertz CT molecular complexity index is 429. The molecule has 0 saturated carbocycles. The highest BCUT2D eigenvalue weighted by molar-refractivity contribution is 5.95. The van der Waals surface area contributed by atoms with Crippen molar-refractivity contribution in [3.8, 4) is 0 Å². The first-order valence-corrected chi connectivity index (χ1v) is 6.35. The summed E-state index contributed by atoms with van der Waals surface area (Å²) in [5, 5.41) is 0. The molecule has 0 aliphatic heterocycles. The lowest BCUT2D eigenvalue weighted by Crippen LogP contribution is -2.30. The zero-order valence-corrected chi connectivity index (χ0v) is 12.4. The number of carbonyl (C=O) groups is 1. The van der Waals surface area contributed by atoms with Gasteiger partial charge in [0.1, 0.15) is 0 Å². The van der Waals surface area contributed by atoms with E-state index in [1.807, 2.05) is 44.0 Å². The van der Waals surface area contributed by atoms with Crippen molar-refractivity contribution in [1.82, 2.24) is 0 Å². The van der Waals surface area contributed by atoms with Gasteiger partial charge in [0, 0.05) is 20.7 Å². The highest BCUT2D eigenvalue weighted by Crippen LogP contribution is 2.22. The molecule has 0 aliphatic carbocycles. The number of rotatable bonds is 6. The van der Waals surface area contributed by atoms with E-state index in [0.29, 0.717) is 5.56 Å². The van der Waals surface area contributed by atoms with Gasteiger partial charge in [-0.25, -0.2) is 4.79 Å². The molecule has 0 aliphatic rings. The molecule has 0 fully saturated rings. The molecule has 106 valence electrons. The predicted octanol–water partition coefficient (Wildman–Crippen LogP) is 2.72. The van der Waals surface area contributed by atoms with Gasteiger partial charge < -0.3 is 14.4 Å². The zero-order valence-electron chi connectivity index (χ0n) is 12.4. The molecule has 0 saturated heterocycles. The van der Waals surface area contributed by atoms with Crippen LogP contribution in [0.4, 0.5) is 5.69 Å². The number of esters is 1. The van der Waals surface area contributed by atoms with E-state index >= 15 is 0 Å². The molecule has 0 heterocycles. The number of hydrogen-bond acceptors (Lipinski definition) is 4. The maximum absolute atomic E-state index is 11.7. The molecular weight excluding hydrogens is 242 g/mol. The number of ether oxygens (including phenoxy) is 2. The smallest absolute Gasteiger partial charge is 0.339 e. The van der Waals surface area contributed by atoms with Crippen LogP contribution >= 0.6 is 0 Å². The Morgan fingerprint density at radius 2 is 1.89 bits per heavy atom. The van der Waals surface area contributed by atoms with Crippen LogP contribution in [0.25, 0.3) is 0 Å². The highest BCUT2D eigenvalue weighted by Gasteiger charge is 2.19. The fourth-order valence-electron chi connectivity index (χ4n) is 1.75. The minimum atomic E-state index is -0.312. The van der Waals surface area contributed by atoms with Gasteiger partial charge in [0.15, 0.2) is 0 Å². The van der Waals surface area contributed by atoms with Gasteiger partial charge in [-0.3, -0.25) is 0 Å². The topological polar surface area (TPSA) is 38.8 Å². The van der Waals surface area contributed by atoms with Crippen molar-refractivity contribution in [1.29, 1.82) is 0 Å². The fraction of sp³-hybridized carbons (Fsp3) is 0.533. The van der Waals surface area contributed by atoms with Crippen molar-refractivity contribution in [2.24, 2.45) is 0 Å². The van der Waals surface area contributed by atoms with Crippen LogP contribution in [0, 0.1) is 0 Å². The van der Waals surface area contributed by atoms with Gasteiger partial charge in [0.2, 0.25) is 0 Å². The van der Waals surface area contributed by atoms with Crippen LogP contribution in [0.2, 0.25) is 0 Å². The van der Waals surface area contributed by atoms with E-state index in [9.17, 15) is 4.79 Å². The van der Waals surface area contributed by atoms with Crippen molar-refractivity contribution in [2.45, 2.75) is 25.9 Å². The Kier molecular flexibility index (Phi) is 5.36. The molecule has 1 aromatic rings. The lowest BCUT2D eigenvalue weighted by atomic mass is 10.0. The van der Waals surface area contributed by atoms with Crippen LogP contribution in [0.5, 0.6) is 0 Å². The molecule has 0 aromatic heterocycles. The average Bonchev–Trinajstić information content (AvgIpc) is 2.44. The fourth-order valence-corrected chi connectivity index (χ4v) is 1.75. The first-order chi connectivity index (χ1) is 8.91. The summed E-state index contributed by atoms with van der Waals surface area (Å²) in [6, 6.07) is 7.45. The third kappa shape index (κ3) is 4.24. The zero-order chi connectivity index (χ0) is 14.5. The number of benzene rings is 1. The summed E-state index contributed by atoms with van der Waals surface area (Å²) in [4.78, 5) is 13.8. The van der Waals surface area contributed by atoms with Crippen LogP contribution in [0.1, 0.15) is 30.6 Å². The van der Waals surface area contributed by atoms with E-state index in [1.165, 1.54) is 7.11 Å². The summed E-state index contributed by atoms with van der Waals surface area (Å²) in [5.74, 6) is -0.312. The lowest BCUT2D eigenvalue weighted by molar-refractivity contribution is 0.0174. The minimum Gasteiger partial charge on any atom is -0.465 e. The van der Waals surface area contributed by atoms with E-state index in [1.54, 1.807) is 13.2 Å². The van der Waals surface area contributed by atoms with Crippen molar-refractivity contribution in [3.63, 3.8) is 0 Å². The Morgan fingerprint density at radius 1 is 1.26 bits per heavy atom. The molecule has 4 nitrogen and oxygen atoms in total. The first kappa shape index (κ1) is 15.5. The second-order valence-corrected chi connectivity index (χ2v) is 5.14. The van der Waals surface area contributed by atoms with Crippen molar-refractivity contribution in [3.05, 3.63) is 29.8 Å². The molecule has 0 radical (unpaired) electrons. The van der Waals surface area contributed by atoms with Gasteiger partial charge in [-0.15, -0.1) is 0 Å². The van der Waals surface area contributed by atoms with Gasteiger partial charge in [-0.2, -0.15) is 0 Å². The summed E-state index contributed by atoms with van der Waals surface area (Å²) < 4.78 is 10.2. The lowest BCUT2D eigenvalue weighted by Gasteiger charge is -2.28. The highest BCUT2D eigenvalue weighted by atomic mass is 16.5. The molecular formula is C15H23NO3. The number of carbonyl (C=O) groups excluding carboxylic acids is 1. The van der Waals surface area contributed by atoms with E-state index in [2.05, 4.69) is 0 Å². The first-order valence-electron chi connectivity index (χ1n) is 6.35. The standard InChI is InChI=1S/C15H23NO3/c1-15(2,19-5)10-11-16(3)13-9-7-6-8-12(13)14(17)18-4/h6-9H,10-11H2,1-5H3. The number of nitrogens with zero attached hydrogens (tertiary/aromatic N) is 1. The minimum absolute atomic E-state index is 0.172. The van der Waals surface area contributed by atoms with Gasteiger partial charge in [0.25, 0.3) is 0 Å². The van der Waals surface area contributed by atoms with Crippen molar-refractivity contribution in [2.75, 3.05) is 32.7 Å². The second-order valence-electron chi connectivity index (χ2n) is 5.14. The average molecular weight is 265 g/mol. The molecule has 0 amide bonds. The van der Waals surface area contributed by atoms with Crippen molar-refractivity contribution >= 4 is 11.7 Å². The number of anilines is 1. The number of hydrogen-bond donors (Lipinski definition) is 0. The Balaban J connectivity index is 2.82. The molecule has 0 unspecified atom stereocenters. The Labute approximate surface area is 115 Å². The van der Waals surface area contributed by atoms with E-state index in [4.69, 9.17) is 9.47 Å². The molecule has 0 atom stereocenters. The van der Waals surface area contributed by atoms with Crippen LogP contribution in [-0.2, 0) is 9.47 Å². The van der Waals surface area contributed by atoms with Gasteiger partial charge in [-0.1, -0.05) is 12.1 Å². The quantitative estimate of drug-likeness (QED) is 0.741. The summed E-state index contributed by atoms with van der Waals surface area (Å²) in [7, 11) is 5.07. The molecule has 0 bridgehead atoms. The van der Waals surface area contributed by atoms with Crippen LogP contribution in [0.15, 0.2) is 24.3 Å².